The highest BCUT2D eigenvalue weighted by atomic mass is 35.5. The van der Waals surface area contributed by atoms with Crippen molar-refractivity contribution in [1.29, 1.82) is 0 Å². The van der Waals surface area contributed by atoms with Crippen LogP contribution < -0.4 is 0 Å². The zero-order chi connectivity index (χ0) is 10.7. The van der Waals surface area contributed by atoms with Crippen LogP contribution in [0.15, 0.2) is 12.1 Å². The largest absolute Gasteiger partial charge is 0.465 e. The van der Waals surface area contributed by atoms with Gasteiger partial charge in [-0.15, -0.1) is 0 Å². The second-order valence-electron chi connectivity index (χ2n) is 2.80. The number of esters is 1. The summed E-state index contributed by atoms with van der Waals surface area (Å²) in [5.41, 5.74) is 1.22. The Kier molecular flexibility index (Phi) is 3.25. The summed E-state index contributed by atoms with van der Waals surface area (Å²) in [4.78, 5) is 21.9. The van der Waals surface area contributed by atoms with Crippen LogP contribution in [-0.4, -0.2) is 19.4 Å². The van der Waals surface area contributed by atoms with E-state index in [-0.39, 0.29) is 11.1 Å². The van der Waals surface area contributed by atoms with E-state index in [1.54, 1.807) is 6.92 Å². The van der Waals surface area contributed by atoms with Gasteiger partial charge in [0.25, 0.3) is 0 Å². The lowest BCUT2D eigenvalue weighted by molar-refractivity contribution is 0.0598. The van der Waals surface area contributed by atoms with Crippen LogP contribution in [0.25, 0.3) is 0 Å². The first-order valence-electron chi connectivity index (χ1n) is 3.93. The number of carbonyl (C=O) groups is 2. The molecule has 0 saturated heterocycles. The summed E-state index contributed by atoms with van der Waals surface area (Å²) in [5, 5.41) is 0.458. The second kappa shape index (κ2) is 4.24. The average Bonchev–Trinajstić information content (AvgIpc) is 2.20. The van der Waals surface area contributed by atoms with Gasteiger partial charge in [0.05, 0.1) is 12.7 Å². The standard InChI is InChI=1S/C10H9ClO3/c1-6-3-8(10(13)14-2)7(5-12)4-9(6)11/h3-5H,1-2H3. The minimum absolute atomic E-state index is 0.240. The van der Waals surface area contributed by atoms with Crippen molar-refractivity contribution in [3.63, 3.8) is 0 Å². The molecule has 0 amide bonds. The molecule has 4 heteroatoms. The Bertz CT molecular complexity index is 385. The number of halogens is 1. The quantitative estimate of drug-likeness (QED) is 0.558. The first-order chi connectivity index (χ1) is 6.60. The number of hydrogen-bond donors (Lipinski definition) is 0. The molecular formula is C10H9ClO3. The van der Waals surface area contributed by atoms with Crippen molar-refractivity contribution in [1.82, 2.24) is 0 Å². The number of carbonyl (C=O) groups excluding carboxylic acids is 2. The van der Waals surface area contributed by atoms with Gasteiger partial charge in [-0.2, -0.15) is 0 Å². The molecule has 0 aliphatic heterocycles. The molecule has 1 aromatic carbocycles. The van der Waals surface area contributed by atoms with Crippen molar-refractivity contribution < 1.29 is 14.3 Å². The van der Waals surface area contributed by atoms with Crippen LogP contribution in [0.4, 0.5) is 0 Å². The third-order valence-electron chi connectivity index (χ3n) is 1.86. The van der Waals surface area contributed by atoms with E-state index in [9.17, 15) is 9.59 Å². The van der Waals surface area contributed by atoms with E-state index >= 15 is 0 Å². The molecule has 0 N–H and O–H groups in total. The third-order valence-corrected chi connectivity index (χ3v) is 2.27. The molecule has 1 rings (SSSR count). The van der Waals surface area contributed by atoms with Crippen LogP contribution in [0.2, 0.25) is 5.02 Å². The highest BCUT2D eigenvalue weighted by Crippen LogP contribution is 2.20. The van der Waals surface area contributed by atoms with Crippen LogP contribution in [0.5, 0.6) is 0 Å². The molecule has 14 heavy (non-hydrogen) atoms. The minimum Gasteiger partial charge on any atom is -0.465 e. The fraction of sp³-hybridized carbons (Fsp3) is 0.200. The Labute approximate surface area is 86.6 Å². The van der Waals surface area contributed by atoms with Crippen LogP contribution >= 0.6 is 11.6 Å². The molecule has 0 atom stereocenters. The SMILES string of the molecule is COC(=O)c1cc(C)c(Cl)cc1C=O. The van der Waals surface area contributed by atoms with E-state index in [0.717, 1.165) is 5.56 Å². The van der Waals surface area contributed by atoms with E-state index < -0.39 is 5.97 Å². The zero-order valence-corrected chi connectivity index (χ0v) is 8.59. The summed E-state index contributed by atoms with van der Waals surface area (Å²) in [6, 6.07) is 2.99. The van der Waals surface area contributed by atoms with E-state index in [1.807, 2.05) is 0 Å². The molecule has 0 radical (unpaired) electrons. The van der Waals surface area contributed by atoms with Crippen molar-refractivity contribution in [2.45, 2.75) is 6.92 Å². The van der Waals surface area contributed by atoms with Gasteiger partial charge < -0.3 is 4.74 Å². The van der Waals surface area contributed by atoms with Crippen LogP contribution in [0.1, 0.15) is 26.3 Å². The maximum atomic E-state index is 11.2. The molecule has 0 heterocycles. The lowest BCUT2D eigenvalue weighted by Crippen LogP contribution is -2.06. The van der Waals surface area contributed by atoms with Crippen LogP contribution in [0.3, 0.4) is 0 Å². The fourth-order valence-corrected chi connectivity index (χ4v) is 1.25. The summed E-state index contributed by atoms with van der Waals surface area (Å²) < 4.78 is 4.53. The molecule has 1 aromatic rings. The lowest BCUT2D eigenvalue weighted by Gasteiger charge is -2.05. The molecule has 3 nitrogen and oxygen atoms in total. The Morgan fingerprint density at radius 1 is 1.50 bits per heavy atom. The monoisotopic (exact) mass is 212 g/mol. The van der Waals surface area contributed by atoms with Crippen molar-refractivity contribution in [3.05, 3.63) is 33.8 Å². The molecule has 74 valence electrons. The Morgan fingerprint density at radius 3 is 2.64 bits per heavy atom. The highest BCUT2D eigenvalue weighted by molar-refractivity contribution is 6.31. The first kappa shape index (κ1) is 10.7. The topological polar surface area (TPSA) is 43.4 Å². The van der Waals surface area contributed by atoms with Crippen molar-refractivity contribution in [2.24, 2.45) is 0 Å². The molecule has 0 aliphatic rings. The Balaban J connectivity index is 3.34. The minimum atomic E-state index is -0.535. The normalized spacial score (nSPS) is 9.64. The molecule has 0 unspecified atom stereocenters. The Morgan fingerprint density at radius 2 is 2.14 bits per heavy atom. The molecule has 0 bridgehead atoms. The molecule has 0 spiro atoms. The molecule has 0 fully saturated rings. The number of rotatable bonds is 2. The number of methoxy groups -OCH3 is 1. The number of aldehydes is 1. The predicted molar refractivity (Wildman–Crippen MR) is 52.9 cm³/mol. The zero-order valence-electron chi connectivity index (χ0n) is 7.83. The number of aryl methyl sites for hydroxylation is 1. The van der Waals surface area contributed by atoms with Gasteiger partial charge >= 0.3 is 5.97 Å². The van der Waals surface area contributed by atoms with Crippen molar-refractivity contribution >= 4 is 23.9 Å². The number of hydrogen-bond acceptors (Lipinski definition) is 3. The molecule has 0 aromatic heterocycles. The number of benzene rings is 1. The average molecular weight is 213 g/mol. The fourth-order valence-electron chi connectivity index (χ4n) is 1.08. The lowest BCUT2D eigenvalue weighted by atomic mass is 10.1. The van der Waals surface area contributed by atoms with E-state index in [1.165, 1.54) is 19.2 Å². The maximum absolute atomic E-state index is 11.2. The van der Waals surface area contributed by atoms with Gasteiger partial charge in [-0.1, -0.05) is 11.6 Å². The van der Waals surface area contributed by atoms with Gasteiger partial charge in [0.15, 0.2) is 6.29 Å². The van der Waals surface area contributed by atoms with Gasteiger partial charge in [0.1, 0.15) is 0 Å². The summed E-state index contributed by atoms with van der Waals surface area (Å²) in [5.74, 6) is -0.535. The summed E-state index contributed by atoms with van der Waals surface area (Å²) in [7, 11) is 1.26. The summed E-state index contributed by atoms with van der Waals surface area (Å²) >= 11 is 5.80. The first-order valence-corrected chi connectivity index (χ1v) is 4.31. The molecule has 0 aliphatic carbocycles. The van der Waals surface area contributed by atoms with Gasteiger partial charge in [0.2, 0.25) is 0 Å². The third kappa shape index (κ3) is 1.93. The van der Waals surface area contributed by atoms with E-state index in [2.05, 4.69) is 4.74 Å². The van der Waals surface area contributed by atoms with E-state index in [4.69, 9.17) is 11.6 Å². The van der Waals surface area contributed by atoms with Crippen LogP contribution in [0, 0.1) is 6.92 Å². The second-order valence-corrected chi connectivity index (χ2v) is 3.21. The highest BCUT2D eigenvalue weighted by Gasteiger charge is 2.13. The predicted octanol–water partition coefficient (Wildman–Crippen LogP) is 2.25. The van der Waals surface area contributed by atoms with Gasteiger partial charge in [0, 0.05) is 10.6 Å². The van der Waals surface area contributed by atoms with E-state index in [0.29, 0.717) is 11.3 Å². The maximum Gasteiger partial charge on any atom is 0.338 e. The Hall–Kier alpha value is -1.35. The van der Waals surface area contributed by atoms with Gasteiger partial charge in [-0.3, -0.25) is 4.79 Å². The van der Waals surface area contributed by atoms with Crippen LogP contribution in [-0.2, 0) is 4.74 Å². The van der Waals surface area contributed by atoms with Crippen molar-refractivity contribution in [3.8, 4) is 0 Å². The molecule has 0 saturated carbocycles. The number of ether oxygens (including phenoxy) is 1. The van der Waals surface area contributed by atoms with Gasteiger partial charge in [-0.25, -0.2) is 4.79 Å². The summed E-state index contributed by atoms with van der Waals surface area (Å²) in [6.07, 6.45) is 0.581. The summed E-state index contributed by atoms with van der Waals surface area (Å²) in [6.45, 7) is 1.75. The van der Waals surface area contributed by atoms with Gasteiger partial charge in [-0.05, 0) is 24.6 Å². The van der Waals surface area contributed by atoms with Crippen molar-refractivity contribution in [2.75, 3.05) is 7.11 Å². The molecular weight excluding hydrogens is 204 g/mol. The smallest absolute Gasteiger partial charge is 0.338 e.